The highest BCUT2D eigenvalue weighted by Gasteiger charge is 2.47. The Morgan fingerprint density at radius 1 is 0.920 bits per heavy atom. The predicted molar refractivity (Wildman–Crippen MR) is 184 cm³/mol. The maximum absolute atomic E-state index is 16.4. The van der Waals surface area contributed by atoms with Crippen LogP contribution in [-0.2, 0) is 11.3 Å². The molecule has 5 aromatic rings. The summed E-state index contributed by atoms with van der Waals surface area (Å²) in [6.45, 7) is 1.52. The van der Waals surface area contributed by atoms with E-state index in [4.69, 9.17) is 9.47 Å². The second-order valence-corrected chi connectivity index (χ2v) is 13.9. The first-order valence-electron chi connectivity index (χ1n) is 16.6. The number of carbonyl (C=O) groups is 1. The number of pyridine rings is 1. The van der Waals surface area contributed by atoms with Crippen molar-refractivity contribution in [1.29, 1.82) is 0 Å². The predicted octanol–water partition coefficient (Wildman–Crippen LogP) is 6.50. The minimum Gasteiger partial charge on any atom is -0.482 e. The van der Waals surface area contributed by atoms with Crippen LogP contribution >= 0.6 is 11.3 Å². The fraction of sp³-hybridized carbons (Fsp3) is 0.263. The number of rotatable bonds is 5. The molecule has 5 heterocycles. The fourth-order valence-corrected chi connectivity index (χ4v) is 8.94. The van der Waals surface area contributed by atoms with Crippen molar-refractivity contribution in [2.75, 3.05) is 42.8 Å². The van der Waals surface area contributed by atoms with Crippen LogP contribution in [0.4, 0.5) is 18.2 Å². The van der Waals surface area contributed by atoms with E-state index < -0.39 is 35.4 Å². The van der Waals surface area contributed by atoms with E-state index in [-0.39, 0.29) is 49.2 Å². The molecule has 2 fully saturated rings. The first-order valence-corrected chi connectivity index (χ1v) is 17.4. The molecule has 12 heteroatoms. The highest BCUT2D eigenvalue weighted by Crippen LogP contribution is 2.53. The molecule has 1 unspecified atom stereocenters. The van der Waals surface area contributed by atoms with E-state index in [0.717, 1.165) is 32.6 Å². The summed E-state index contributed by atoms with van der Waals surface area (Å²) in [5.74, 6) is -2.46. The molecule has 3 aromatic carbocycles. The van der Waals surface area contributed by atoms with Crippen molar-refractivity contribution in [3.05, 3.63) is 129 Å². The molecule has 0 bridgehead atoms. The number of halogens is 3. The number of alkyl halides is 1. The van der Waals surface area contributed by atoms with Crippen molar-refractivity contribution in [3.63, 3.8) is 0 Å². The van der Waals surface area contributed by atoms with Gasteiger partial charge in [-0.25, -0.2) is 13.2 Å². The van der Waals surface area contributed by atoms with Crippen LogP contribution in [0.1, 0.15) is 39.6 Å². The molecule has 2 saturated heterocycles. The lowest BCUT2D eigenvalue weighted by molar-refractivity contribution is -0.0197. The summed E-state index contributed by atoms with van der Waals surface area (Å²) in [5, 5.41) is 2.71. The van der Waals surface area contributed by atoms with Crippen molar-refractivity contribution < 1.29 is 27.4 Å². The number of nitrogens with zero attached hydrogens (tertiary/aromatic N) is 4. The first kappa shape index (κ1) is 30.9. The van der Waals surface area contributed by atoms with Crippen molar-refractivity contribution in [2.24, 2.45) is 0 Å². The molecule has 2 aromatic heterocycles. The van der Waals surface area contributed by atoms with Crippen molar-refractivity contribution in [2.45, 2.75) is 31.4 Å². The molecule has 8 nitrogen and oxygen atoms in total. The third-order valence-electron chi connectivity index (χ3n) is 10.00. The lowest BCUT2D eigenvalue weighted by Gasteiger charge is -2.51. The Bertz CT molecular complexity index is 2210. The number of amides is 1. The van der Waals surface area contributed by atoms with Crippen molar-refractivity contribution >= 4 is 22.2 Å². The van der Waals surface area contributed by atoms with Gasteiger partial charge in [-0.1, -0.05) is 60.7 Å². The van der Waals surface area contributed by atoms with Gasteiger partial charge in [0.05, 0.1) is 24.3 Å². The van der Waals surface area contributed by atoms with E-state index in [9.17, 15) is 14.0 Å². The Hall–Kier alpha value is -5.07. The minimum absolute atomic E-state index is 0.0457. The second-order valence-electron chi connectivity index (χ2n) is 12.9. The highest BCUT2D eigenvalue weighted by molar-refractivity contribution is 7.20. The summed E-state index contributed by atoms with van der Waals surface area (Å²) in [4.78, 5) is 32.1. The van der Waals surface area contributed by atoms with Gasteiger partial charge in [0.1, 0.15) is 18.9 Å². The summed E-state index contributed by atoms with van der Waals surface area (Å²) >= 11 is 1.43. The molecule has 4 aliphatic rings. The van der Waals surface area contributed by atoms with E-state index in [1.54, 1.807) is 21.8 Å². The largest absolute Gasteiger partial charge is 0.482 e. The van der Waals surface area contributed by atoms with E-state index in [1.807, 2.05) is 70.6 Å². The molecule has 50 heavy (non-hydrogen) atoms. The normalized spacial score (nSPS) is 20.8. The summed E-state index contributed by atoms with van der Waals surface area (Å²) in [7, 11) is 0. The molecule has 0 spiro atoms. The maximum Gasteiger partial charge on any atom is 0.278 e. The smallest absolute Gasteiger partial charge is 0.278 e. The van der Waals surface area contributed by atoms with Gasteiger partial charge in [-0.3, -0.25) is 19.3 Å². The van der Waals surface area contributed by atoms with Gasteiger partial charge in [0.2, 0.25) is 5.43 Å². The number of fused-ring (bicyclic) bond motifs is 7. The van der Waals surface area contributed by atoms with Crippen molar-refractivity contribution in [1.82, 2.24) is 9.58 Å². The Balaban J connectivity index is 1.27. The zero-order valence-electron chi connectivity index (χ0n) is 26.7. The van der Waals surface area contributed by atoms with Crippen LogP contribution in [0, 0.1) is 11.6 Å². The van der Waals surface area contributed by atoms with Crippen molar-refractivity contribution in [3.8, 4) is 27.3 Å². The SMILES string of the molecule is O=C1c2c(OCc3ccccc3)c(=O)ccn2N(C2c3ccccc3-c3sc(N4CC[C@@H](F)C4)cc3-c3c2ccc(F)c3F)[C@@H]2COCCN12. The average molecular weight is 697 g/mol. The van der Waals surface area contributed by atoms with Gasteiger partial charge in [0, 0.05) is 47.9 Å². The Labute approximate surface area is 289 Å². The van der Waals surface area contributed by atoms with Crippen LogP contribution < -0.4 is 20.1 Å². The zero-order valence-corrected chi connectivity index (χ0v) is 27.5. The van der Waals surface area contributed by atoms with Gasteiger partial charge in [-0.2, -0.15) is 0 Å². The third-order valence-corrected chi connectivity index (χ3v) is 11.2. The Morgan fingerprint density at radius 2 is 1.74 bits per heavy atom. The lowest BCUT2D eigenvalue weighted by Crippen LogP contribution is -2.66. The minimum atomic E-state index is -0.993. The van der Waals surface area contributed by atoms with E-state index in [0.29, 0.717) is 30.7 Å². The molecular formula is C38H31F3N4O4S. The second kappa shape index (κ2) is 12.1. The van der Waals surface area contributed by atoms with Crippen LogP contribution in [0.15, 0.2) is 89.9 Å². The fourth-order valence-electron chi connectivity index (χ4n) is 7.69. The van der Waals surface area contributed by atoms with E-state index in [1.165, 1.54) is 17.4 Å². The monoisotopic (exact) mass is 696 g/mol. The number of hydrogen-bond acceptors (Lipinski definition) is 7. The molecule has 3 atom stereocenters. The third kappa shape index (κ3) is 4.84. The molecule has 9 rings (SSSR count). The number of benzene rings is 3. The standard InChI is InChI=1S/C38H31F3N4O4S/c39-23-12-14-42(19-23)31-18-27-32-26(10-11-28(40)33(32)41)34(24-8-4-5-9-25(24)37(27)50-31)45-30-21-48-17-16-43(30)38(47)35-36(29(46)13-15-44(35)45)49-20-22-6-2-1-3-7-22/h1-11,13,15,18,23,30,34H,12,14,16-17,19-21H2/t23-,30-,34?/m1/s1. The quantitative estimate of drug-likeness (QED) is 0.209. The number of hydrogen-bond donors (Lipinski definition) is 0. The molecule has 0 radical (unpaired) electrons. The Morgan fingerprint density at radius 3 is 2.56 bits per heavy atom. The van der Waals surface area contributed by atoms with Gasteiger partial charge in [-0.15, -0.1) is 11.3 Å². The number of thiophene rings is 1. The number of anilines is 1. The van der Waals surface area contributed by atoms with Gasteiger partial charge in [0.15, 0.2) is 23.1 Å². The molecular weight excluding hydrogens is 666 g/mol. The van der Waals surface area contributed by atoms with E-state index >= 15 is 8.78 Å². The number of morpholine rings is 1. The van der Waals surface area contributed by atoms with Crippen LogP contribution in [0.25, 0.3) is 21.6 Å². The number of carbonyl (C=O) groups excluding carboxylic acids is 1. The number of ether oxygens (including phenoxy) is 2. The molecule has 1 aliphatic carbocycles. The maximum atomic E-state index is 16.4. The Kier molecular flexibility index (Phi) is 7.47. The zero-order chi connectivity index (χ0) is 34.1. The van der Waals surface area contributed by atoms with Crippen LogP contribution in [0.3, 0.4) is 0 Å². The first-order chi connectivity index (χ1) is 24.4. The molecule has 0 saturated carbocycles. The summed E-state index contributed by atoms with van der Waals surface area (Å²) < 4.78 is 59.7. The topological polar surface area (TPSA) is 67.2 Å². The van der Waals surface area contributed by atoms with Crippen LogP contribution in [0.2, 0.25) is 0 Å². The number of aromatic nitrogens is 1. The van der Waals surface area contributed by atoms with Gasteiger partial charge in [0.25, 0.3) is 5.91 Å². The average Bonchev–Trinajstić information content (AvgIpc) is 3.75. The summed E-state index contributed by atoms with van der Waals surface area (Å²) in [6.07, 6.45) is 0.335. The lowest BCUT2D eigenvalue weighted by atomic mass is 9.91. The van der Waals surface area contributed by atoms with Gasteiger partial charge >= 0.3 is 0 Å². The summed E-state index contributed by atoms with van der Waals surface area (Å²) in [5.41, 5.74) is 3.10. The van der Waals surface area contributed by atoms with E-state index in [2.05, 4.69) is 0 Å². The van der Waals surface area contributed by atoms with Crippen LogP contribution in [-0.4, -0.2) is 60.7 Å². The van der Waals surface area contributed by atoms with Gasteiger partial charge in [-0.05, 0) is 40.8 Å². The van der Waals surface area contributed by atoms with Gasteiger partial charge < -0.3 is 19.3 Å². The molecule has 1 amide bonds. The highest BCUT2D eigenvalue weighted by atomic mass is 32.1. The molecule has 254 valence electrons. The summed E-state index contributed by atoms with van der Waals surface area (Å²) in [6, 6.07) is 22.2. The molecule has 3 aliphatic heterocycles. The van der Waals surface area contributed by atoms with Crippen LogP contribution in [0.5, 0.6) is 5.75 Å². The molecule has 0 N–H and O–H groups in total.